The highest BCUT2D eigenvalue weighted by Gasteiger charge is 2.10. The topological polar surface area (TPSA) is 69.8 Å². The first-order valence-electron chi connectivity index (χ1n) is 5.44. The number of hydrogen-bond donors (Lipinski definition) is 3. The molecule has 1 aromatic heterocycles. The van der Waals surface area contributed by atoms with Gasteiger partial charge in [-0.25, -0.2) is 0 Å². The van der Waals surface area contributed by atoms with Gasteiger partial charge in [-0.3, -0.25) is 9.89 Å². The lowest BCUT2D eigenvalue weighted by Gasteiger charge is -2.09. The molecule has 0 spiro atoms. The molecule has 0 saturated heterocycles. The molecule has 0 fully saturated rings. The van der Waals surface area contributed by atoms with E-state index in [9.17, 15) is 4.79 Å². The van der Waals surface area contributed by atoms with E-state index in [2.05, 4.69) is 20.8 Å². The molecule has 0 saturated carbocycles. The van der Waals surface area contributed by atoms with Crippen LogP contribution < -0.4 is 10.6 Å². The van der Waals surface area contributed by atoms with Crippen molar-refractivity contribution in [3.05, 3.63) is 42.2 Å². The monoisotopic (exact) mass is 230 g/mol. The van der Waals surface area contributed by atoms with Gasteiger partial charge >= 0.3 is 0 Å². The van der Waals surface area contributed by atoms with E-state index >= 15 is 0 Å². The number of anilines is 2. The van der Waals surface area contributed by atoms with Crippen LogP contribution in [0, 0.1) is 0 Å². The average molecular weight is 230 g/mol. The fourth-order valence-corrected chi connectivity index (χ4v) is 1.54. The molecule has 5 heteroatoms. The molecule has 0 unspecified atom stereocenters. The van der Waals surface area contributed by atoms with E-state index in [0.717, 1.165) is 12.2 Å². The zero-order chi connectivity index (χ0) is 12.1. The van der Waals surface area contributed by atoms with Crippen molar-refractivity contribution in [2.24, 2.45) is 0 Å². The molecule has 0 aliphatic carbocycles. The minimum Gasteiger partial charge on any atom is -0.385 e. The number of aromatic nitrogens is 2. The molecule has 5 nitrogen and oxygen atoms in total. The van der Waals surface area contributed by atoms with Crippen molar-refractivity contribution in [1.29, 1.82) is 0 Å². The van der Waals surface area contributed by atoms with Gasteiger partial charge in [0.25, 0.3) is 5.91 Å². The highest BCUT2D eigenvalue weighted by Crippen LogP contribution is 2.16. The number of carbonyl (C=O) groups is 1. The molecule has 0 aliphatic rings. The standard InChI is InChI=1S/C12H14N4O/c1-2-13-11-6-4-3-5-10(11)12(17)16-9-7-14-15-8-9/h3-8,13H,2H2,1H3,(H,14,15)(H,16,17). The lowest BCUT2D eigenvalue weighted by atomic mass is 10.1. The van der Waals surface area contributed by atoms with Crippen LogP contribution in [0.2, 0.25) is 0 Å². The van der Waals surface area contributed by atoms with Gasteiger partial charge in [-0.2, -0.15) is 5.10 Å². The Hall–Kier alpha value is -2.30. The third-order valence-corrected chi connectivity index (χ3v) is 2.30. The van der Waals surface area contributed by atoms with Crippen molar-refractivity contribution in [3.8, 4) is 0 Å². The molecule has 0 aliphatic heterocycles. The largest absolute Gasteiger partial charge is 0.385 e. The van der Waals surface area contributed by atoms with Crippen molar-refractivity contribution >= 4 is 17.3 Å². The van der Waals surface area contributed by atoms with E-state index in [-0.39, 0.29) is 5.91 Å². The highest BCUT2D eigenvalue weighted by atomic mass is 16.1. The number of H-pyrrole nitrogens is 1. The normalized spacial score (nSPS) is 9.94. The molecule has 2 rings (SSSR count). The Balaban J connectivity index is 2.18. The summed E-state index contributed by atoms with van der Waals surface area (Å²) in [6.07, 6.45) is 3.20. The van der Waals surface area contributed by atoms with E-state index in [1.54, 1.807) is 18.5 Å². The summed E-state index contributed by atoms with van der Waals surface area (Å²) in [7, 11) is 0. The third kappa shape index (κ3) is 2.63. The Morgan fingerprint density at radius 1 is 1.41 bits per heavy atom. The second-order valence-corrected chi connectivity index (χ2v) is 3.52. The van der Waals surface area contributed by atoms with Gasteiger partial charge in [-0.1, -0.05) is 12.1 Å². The van der Waals surface area contributed by atoms with E-state index in [0.29, 0.717) is 11.3 Å². The summed E-state index contributed by atoms with van der Waals surface area (Å²) in [6, 6.07) is 7.40. The molecule has 1 aromatic carbocycles. The van der Waals surface area contributed by atoms with Gasteiger partial charge < -0.3 is 10.6 Å². The first-order valence-corrected chi connectivity index (χ1v) is 5.44. The predicted molar refractivity (Wildman–Crippen MR) is 67.1 cm³/mol. The van der Waals surface area contributed by atoms with Crippen LogP contribution in [0.25, 0.3) is 0 Å². The summed E-state index contributed by atoms with van der Waals surface area (Å²) < 4.78 is 0. The van der Waals surface area contributed by atoms with Gasteiger partial charge in [0.2, 0.25) is 0 Å². The first kappa shape index (κ1) is 11.2. The summed E-state index contributed by atoms with van der Waals surface area (Å²) in [5.41, 5.74) is 2.10. The molecule has 3 N–H and O–H groups in total. The summed E-state index contributed by atoms with van der Waals surface area (Å²) in [5.74, 6) is -0.150. The molecule has 17 heavy (non-hydrogen) atoms. The minimum absolute atomic E-state index is 0.150. The van der Waals surface area contributed by atoms with Crippen molar-refractivity contribution in [2.45, 2.75) is 6.92 Å². The van der Waals surface area contributed by atoms with Crippen LogP contribution in [-0.4, -0.2) is 22.6 Å². The Morgan fingerprint density at radius 2 is 2.24 bits per heavy atom. The number of hydrogen-bond acceptors (Lipinski definition) is 3. The molecule has 1 heterocycles. The summed E-state index contributed by atoms with van der Waals surface area (Å²) >= 11 is 0. The molecule has 0 radical (unpaired) electrons. The van der Waals surface area contributed by atoms with Gasteiger partial charge in [-0.05, 0) is 19.1 Å². The molecule has 88 valence electrons. The van der Waals surface area contributed by atoms with Crippen LogP contribution in [0.5, 0.6) is 0 Å². The van der Waals surface area contributed by atoms with Gasteiger partial charge in [-0.15, -0.1) is 0 Å². The van der Waals surface area contributed by atoms with E-state index in [4.69, 9.17) is 0 Å². The maximum absolute atomic E-state index is 12.0. The second-order valence-electron chi connectivity index (χ2n) is 3.52. The fraction of sp³-hybridized carbons (Fsp3) is 0.167. The van der Waals surface area contributed by atoms with E-state index in [1.165, 1.54) is 0 Å². The number of nitrogens with one attached hydrogen (secondary N) is 3. The Labute approximate surface area is 99.2 Å². The summed E-state index contributed by atoms with van der Waals surface area (Å²) in [5, 5.41) is 12.3. The van der Waals surface area contributed by atoms with Crippen LogP contribution in [0.1, 0.15) is 17.3 Å². The molecule has 1 amide bonds. The third-order valence-electron chi connectivity index (χ3n) is 2.30. The first-order chi connectivity index (χ1) is 8.31. The number of benzene rings is 1. The maximum Gasteiger partial charge on any atom is 0.257 e. The number of rotatable bonds is 4. The Morgan fingerprint density at radius 3 is 2.94 bits per heavy atom. The number of carbonyl (C=O) groups excluding carboxylic acids is 1. The molecule has 2 aromatic rings. The van der Waals surface area contributed by atoms with E-state index in [1.807, 2.05) is 25.1 Å². The van der Waals surface area contributed by atoms with Crippen molar-refractivity contribution in [1.82, 2.24) is 10.2 Å². The van der Waals surface area contributed by atoms with Crippen LogP contribution in [-0.2, 0) is 0 Å². The van der Waals surface area contributed by atoms with Gasteiger partial charge in [0.05, 0.1) is 17.4 Å². The fourth-order valence-electron chi connectivity index (χ4n) is 1.54. The maximum atomic E-state index is 12.0. The molecule has 0 atom stereocenters. The predicted octanol–water partition coefficient (Wildman–Crippen LogP) is 2.09. The van der Waals surface area contributed by atoms with Crippen LogP contribution in [0.4, 0.5) is 11.4 Å². The van der Waals surface area contributed by atoms with Gasteiger partial charge in [0.1, 0.15) is 0 Å². The average Bonchev–Trinajstić information content (AvgIpc) is 2.83. The highest BCUT2D eigenvalue weighted by molar-refractivity contribution is 6.07. The lowest BCUT2D eigenvalue weighted by molar-refractivity contribution is 0.102. The lowest BCUT2D eigenvalue weighted by Crippen LogP contribution is -2.14. The SMILES string of the molecule is CCNc1ccccc1C(=O)Nc1cn[nH]c1. The summed E-state index contributed by atoms with van der Waals surface area (Å²) in [6.45, 7) is 2.76. The van der Waals surface area contributed by atoms with Crippen molar-refractivity contribution < 1.29 is 4.79 Å². The van der Waals surface area contributed by atoms with Gasteiger partial charge in [0, 0.05) is 18.4 Å². The second kappa shape index (κ2) is 5.16. The number of aromatic amines is 1. The van der Waals surface area contributed by atoms with Crippen LogP contribution in [0.15, 0.2) is 36.7 Å². The molecular formula is C12H14N4O. The Kier molecular flexibility index (Phi) is 3.40. The quantitative estimate of drug-likeness (QED) is 0.753. The van der Waals surface area contributed by atoms with E-state index < -0.39 is 0 Å². The Bertz CT molecular complexity index is 493. The zero-order valence-corrected chi connectivity index (χ0v) is 9.53. The van der Waals surface area contributed by atoms with Gasteiger partial charge in [0.15, 0.2) is 0 Å². The zero-order valence-electron chi connectivity index (χ0n) is 9.53. The summed E-state index contributed by atoms with van der Waals surface area (Å²) in [4.78, 5) is 12.0. The molecule has 0 bridgehead atoms. The molecular weight excluding hydrogens is 216 g/mol. The number of para-hydroxylation sites is 1. The van der Waals surface area contributed by atoms with Crippen molar-refractivity contribution in [2.75, 3.05) is 17.2 Å². The number of nitrogens with zero attached hydrogens (tertiary/aromatic N) is 1. The van der Waals surface area contributed by atoms with Crippen molar-refractivity contribution in [3.63, 3.8) is 0 Å². The van der Waals surface area contributed by atoms with Crippen LogP contribution in [0.3, 0.4) is 0 Å². The minimum atomic E-state index is -0.150. The van der Waals surface area contributed by atoms with Crippen LogP contribution >= 0.6 is 0 Å². The smallest absolute Gasteiger partial charge is 0.257 e. The number of amides is 1.